The van der Waals surface area contributed by atoms with Crippen LogP contribution in [0, 0.1) is 11.7 Å². The van der Waals surface area contributed by atoms with E-state index in [9.17, 15) is 9.18 Å². The van der Waals surface area contributed by atoms with Gasteiger partial charge in [-0.25, -0.2) is 9.37 Å². The number of alkyl halides is 1. The van der Waals surface area contributed by atoms with Crippen LogP contribution in [0.4, 0.5) is 4.39 Å². The first-order chi connectivity index (χ1) is 9.04. The van der Waals surface area contributed by atoms with Crippen molar-refractivity contribution in [2.75, 3.05) is 5.88 Å². The first-order valence-corrected chi connectivity index (χ1v) is 7.08. The van der Waals surface area contributed by atoms with E-state index in [4.69, 9.17) is 11.6 Å². The SMILES string of the molecule is CC1CCC(CCl)(NC(=O)c2ccc(F)cn2)CC1. The number of carbonyl (C=O) groups is 1. The smallest absolute Gasteiger partial charge is 0.270 e. The number of nitrogens with zero attached hydrogens (tertiary/aromatic N) is 1. The van der Waals surface area contributed by atoms with Gasteiger partial charge in [-0.2, -0.15) is 0 Å². The number of hydrogen-bond donors (Lipinski definition) is 1. The molecule has 0 radical (unpaired) electrons. The number of carbonyl (C=O) groups excluding carboxylic acids is 1. The summed E-state index contributed by atoms with van der Waals surface area (Å²) in [5.74, 6) is 0.342. The van der Waals surface area contributed by atoms with E-state index < -0.39 is 5.82 Å². The maximum atomic E-state index is 12.8. The molecular weight excluding hydrogens is 267 g/mol. The van der Waals surface area contributed by atoms with Crippen LogP contribution in [0.1, 0.15) is 43.1 Å². The predicted molar refractivity (Wildman–Crippen MR) is 72.7 cm³/mol. The van der Waals surface area contributed by atoms with Gasteiger partial charge in [0.25, 0.3) is 5.91 Å². The van der Waals surface area contributed by atoms with Crippen molar-refractivity contribution in [3.05, 3.63) is 29.8 Å². The topological polar surface area (TPSA) is 42.0 Å². The lowest BCUT2D eigenvalue weighted by molar-refractivity contribution is 0.0867. The molecule has 0 aromatic carbocycles. The molecule has 3 nitrogen and oxygen atoms in total. The Bertz CT molecular complexity index is 441. The van der Waals surface area contributed by atoms with Gasteiger partial charge in [0.2, 0.25) is 0 Å². The van der Waals surface area contributed by atoms with E-state index in [2.05, 4.69) is 17.2 Å². The molecule has 19 heavy (non-hydrogen) atoms. The summed E-state index contributed by atoms with van der Waals surface area (Å²) in [6, 6.07) is 2.62. The molecule has 0 atom stereocenters. The van der Waals surface area contributed by atoms with Crippen molar-refractivity contribution in [3.63, 3.8) is 0 Å². The third-order valence-corrected chi connectivity index (χ3v) is 4.34. The van der Waals surface area contributed by atoms with Crippen molar-refractivity contribution in [3.8, 4) is 0 Å². The summed E-state index contributed by atoms with van der Waals surface area (Å²) in [7, 11) is 0. The summed E-state index contributed by atoms with van der Waals surface area (Å²) in [6.07, 6.45) is 4.92. The average molecular weight is 285 g/mol. The van der Waals surface area contributed by atoms with Gasteiger partial charge in [0.15, 0.2) is 0 Å². The largest absolute Gasteiger partial charge is 0.344 e. The minimum atomic E-state index is -0.449. The third-order valence-electron chi connectivity index (χ3n) is 3.83. The lowest BCUT2D eigenvalue weighted by atomic mass is 9.78. The molecule has 0 unspecified atom stereocenters. The molecule has 5 heteroatoms. The highest BCUT2D eigenvalue weighted by Gasteiger charge is 2.35. The number of aromatic nitrogens is 1. The highest BCUT2D eigenvalue weighted by molar-refractivity contribution is 6.19. The second kappa shape index (κ2) is 5.87. The van der Waals surface area contributed by atoms with E-state index >= 15 is 0 Å². The highest BCUT2D eigenvalue weighted by Crippen LogP contribution is 2.32. The predicted octanol–water partition coefficient (Wildman–Crippen LogP) is 3.14. The van der Waals surface area contributed by atoms with Crippen molar-refractivity contribution in [1.29, 1.82) is 0 Å². The van der Waals surface area contributed by atoms with Crippen LogP contribution >= 0.6 is 11.6 Å². The van der Waals surface area contributed by atoms with E-state index in [1.807, 2.05) is 0 Å². The Morgan fingerprint density at radius 3 is 2.74 bits per heavy atom. The third kappa shape index (κ3) is 3.44. The summed E-state index contributed by atoms with van der Waals surface area (Å²) in [5, 5.41) is 2.98. The molecule has 1 fully saturated rings. The zero-order valence-corrected chi connectivity index (χ0v) is 11.7. The molecule has 1 aliphatic carbocycles. The average Bonchev–Trinajstić information content (AvgIpc) is 2.42. The van der Waals surface area contributed by atoms with Gasteiger partial charge < -0.3 is 5.32 Å². The Hall–Kier alpha value is -1.16. The van der Waals surface area contributed by atoms with Crippen LogP contribution in [0.25, 0.3) is 0 Å². The number of pyridine rings is 1. The molecule has 0 spiro atoms. The lowest BCUT2D eigenvalue weighted by Gasteiger charge is -2.38. The zero-order valence-electron chi connectivity index (χ0n) is 11.0. The first kappa shape index (κ1) is 14.3. The van der Waals surface area contributed by atoms with Gasteiger partial charge in [0.1, 0.15) is 11.5 Å². The van der Waals surface area contributed by atoms with Crippen LogP contribution in [0.15, 0.2) is 18.3 Å². The Morgan fingerprint density at radius 2 is 2.21 bits per heavy atom. The summed E-state index contributed by atoms with van der Waals surface area (Å²) in [6.45, 7) is 2.21. The maximum absolute atomic E-state index is 12.8. The fraction of sp³-hybridized carbons (Fsp3) is 0.571. The summed E-state index contributed by atoms with van der Waals surface area (Å²) < 4.78 is 12.8. The molecule has 0 bridgehead atoms. The molecule has 1 aliphatic rings. The number of nitrogens with one attached hydrogen (secondary N) is 1. The fourth-order valence-corrected chi connectivity index (χ4v) is 2.76. The van der Waals surface area contributed by atoms with Gasteiger partial charge in [-0.05, 0) is 43.7 Å². The van der Waals surface area contributed by atoms with Crippen molar-refractivity contribution < 1.29 is 9.18 Å². The number of halogens is 2. The van der Waals surface area contributed by atoms with Crippen LogP contribution in [-0.2, 0) is 0 Å². The highest BCUT2D eigenvalue weighted by atomic mass is 35.5. The Balaban J connectivity index is 2.06. The Kier molecular flexibility index (Phi) is 4.40. The van der Waals surface area contributed by atoms with E-state index in [1.165, 1.54) is 12.1 Å². The first-order valence-electron chi connectivity index (χ1n) is 6.55. The van der Waals surface area contributed by atoms with Crippen molar-refractivity contribution in [2.24, 2.45) is 5.92 Å². The van der Waals surface area contributed by atoms with Crippen LogP contribution in [-0.4, -0.2) is 22.3 Å². The van der Waals surface area contributed by atoms with Crippen molar-refractivity contribution >= 4 is 17.5 Å². The molecule has 1 saturated carbocycles. The number of amides is 1. The number of hydrogen-bond acceptors (Lipinski definition) is 2. The van der Waals surface area contributed by atoms with E-state index in [-0.39, 0.29) is 17.1 Å². The van der Waals surface area contributed by atoms with Gasteiger partial charge >= 0.3 is 0 Å². The monoisotopic (exact) mass is 284 g/mol. The Labute approximate surface area is 117 Å². The minimum Gasteiger partial charge on any atom is -0.344 e. The summed E-state index contributed by atoms with van der Waals surface area (Å²) in [5.41, 5.74) is -0.120. The molecule has 1 amide bonds. The van der Waals surface area contributed by atoms with Crippen LogP contribution in [0.5, 0.6) is 0 Å². The number of rotatable bonds is 3. The summed E-state index contributed by atoms with van der Waals surface area (Å²) in [4.78, 5) is 15.9. The van der Waals surface area contributed by atoms with Gasteiger partial charge in [0, 0.05) is 5.88 Å². The standard InChI is InChI=1S/C14H18ClFN2O/c1-10-4-6-14(9-15,7-5-10)18-13(19)12-3-2-11(16)8-17-12/h2-3,8,10H,4-7,9H2,1H3,(H,18,19). The Morgan fingerprint density at radius 1 is 1.53 bits per heavy atom. The zero-order chi connectivity index (χ0) is 13.9. The lowest BCUT2D eigenvalue weighted by Crippen LogP contribution is -2.52. The van der Waals surface area contributed by atoms with Crippen molar-refractivity contribution in [2.45, 2.75) is 38.1 Å². The normalized spacial score (nSPS) is 27.0. The van der Waals surface area contributed by atoms with Crippen LogP contribution in [0.3, 0.4) is 0 Å². The van der Waals surface area contributed by atoms with E-state index in [0.717, 1.165) is 31.9 Å². The molecule has 2 rings (SSSR count). The molecule has 1 N–H and O–H groups in total. The molecule has 1 aromatic rings. The molecular formula is C14H18ClFN2O. The van der Waals surface area contributed by atoms with Crippen LogP contribution in [0.2, 0.25) is 0 Å². The van der Waals surface area contributed by atoms with Gasteiger partial charge in [-0.15, -0.1) is 11.6 Å². The molecule has 1 heterocycles. The van der Waals surface area contributed by atoms with Crippen LogP contribution < -0.4 is 5.32 Å². The van der Waals surface area contributed by atoms with Gasteiger partial charge in [0.05, 0.1) is 11.7 Å². The van der Waals surface area contributed by atoms with E-state index in [0.29, 0.717) is 11.8 Å². The molecule has 1 aromatic heterocycles. The summed E-state index contributed by atoms with van der Waals surface area (Å²) >= 11 is 6.05. The molecule has 104 valence electrons. The fourth-order valence-electron chi connectivity index (χ4n) is 2.42. The van der Waals surface area contributed by atoms with E-state index in [1.54, 1.807) is 0 Å². The quantitative estimate of drug-likeness (QED) is 0.867. The molecule has 0 aliphatic heterocycles. The van der Waals surface area contributed by atoms with Gasteiger partial charge in [-0.3, -0.25) is 4.79 Å². The van der Waals surface area contributed by atoms with Gasteiger partial charge in [-0.1, -0.05) is 6.92 Å². The second-order valence-electron chi connectivity index (χ2n) is 5.41. The van der Waals surface area contributed by atoms with Crippen molar-refractivity contribution in [1.82, 2.24) is 10.3 Å². The maximum Gasteiger partial charge on any atom is 0.270 e. The second-order valence-corrected chi connectivity index (χ2v) is 5.68. The molecule has 0 saturated heterocycles. The minimum absolute atomic E-state index is 0.226.